The van der Waals surface area contributed by atoms with Crippen LogP contribution in [0.15, 0.2) is 59.6 Å². The van der Waals surface area contributed by atoms with E-state index < -0.39 is 17.6 Å². The van der Waals surface area contributed by atoms with Crippen LogP contribution in [-0.4, -0.2) is 45.4 Å². The Labute approximate surface area is 218 Å². The number of thioether (sulfide) groups is 1. The number of phenolic OH excluding ortho intramolecular Hbond substituents is 1. The predicted molar refractivity (Wildman–Crippen MR) is 137 cm³/mol. The van der Waals surface area contributed by atoms with E-state index in [1.165, 1.54) is 12.1 Å². The summed E-state index contributed by atoms with van der Waals surface area (Å²) in [7, 11) is 0. The standard InChI is InChI=1S/C27H28FN3O5S/c1-37-21-4-2-3-20(13-21)36-27-23(12-17(28)14-29-27)26(35)31-19-8-6-18(7-9-19)30-25(34)22-10-5-16(15-32)11-24(22)33/h2-5,10-14,18-19,32-33H,6-9,15H2,1H3,(H,30,34)(H,31,35). The molecule has 0 atom stereocenters. The number of benzene rings is 2. The third-order valence-corrected chi connectivity index (χ3v) is 6.93. The number of hydrogen-bond acceptors (Lipinski definition) is 7. The Morgan fingerprint density at radius 1 is 1.03 bits per heavy atom. The Bertz CT molecular complexity index is 1280. The van der Waals surface area contributed by atoms with E-state index in [0.29, 0.717) is 37.0 Å². The highest BCUT2D eigenvalue weighted by Crippen LogP contribution is 2.28. The number of hydrogen-bond donors (Lipinski definition) is 4. The molecule has 1 saturated carbocycles. The van der Waals surface area contributed by atoms with Gasteiger partial charge in [-0.1, -0.05) is 12.1 Å². The lowest BCUT2D eigenvalue weighted by Gasteiger charge is -2.30. The molecule has 1 heterocycles. The molecule has 0 aliphatic heterocycles. The number of halogens is 1. The van der Waals surface area contributed by atoms with Crippen molar-refractivity contribution in [1.82, 2.24) is 15.6 Å². The lowest BCUT2D eigenvalue weighted by Crippen LogP contribution is -2.43. The maximum absolute atomic E-state index is 14.0. The molecule has 0 radical (unpaired) electrons. The number of carbonyl (C=O) groups excluding carboxylic acids is 2. The summed E-state index contributed by atoms with van der Waals surface area (Å²) in [6.45, 7) is -0.226. The minimum absolute atomic E-state index is 0.00628. The van der Waals surface area contributed by atoms with Gasteiger partial charge in [0.25, 0.3) is 11.8 Å². The van der Waals surface area contributed by atoms with Crippen molar-refractivity contribution in [3.05, 3.63) is 77.2 Å². The van der Waals surface area contributed by atoms with Gasteiger partial charge in [-0.25, -0.2) is 9.37 Å². The van der Waals surface area contributed by atoms with Crippen molar-refractivity contribution in [2.45, 2.75) is 49.3 Å². The third kappa shape index (κ3) is 6.78. The number of aromatic nitrogens is 1. The van der Waals surface area contributed by atoms with Gasteiger partial charge < -0.3 is 25.6 Å². The summed E-state index contributed by atoms with van der Waals surface area (Å²) < 4.78 is 19.8. The zero-order chi connectivity index (χ0) is 26.4. The molecule has 1 aliphatic carbocycles. The SMILES string of the molecule is CSc1cccc(Oc2ncc(F)cc2C(=O)NC2CCC(NC(=O)c3ccc(CO)cc3O)CC2)c1. The van der Waals surface area contributed by atoms with Crippen LogP contribution in [0.25, 0.3) is 0 Å². The molecule has 0 bridgehead atoms. The van der Waals surface area contributed by atoms with Crippen molar-refractivity contribution in [2.75, 3.05) is 6.26 Å². The van der Waals surface area contributed by atoms with Crippen LogP contribution in [0.5, 0.6) is 17.4 Å². The second-order valence-electron chi connectivity index (χ2n) is 8.79. The van der Waals surface area contributed by atoms with Gasteiger partial charge >= 0.3 is 0 Å². The second-order valence-corrected chi connectivity index (χ2v) is 9.67. The van der Waals surface area contributed by atoms with Gasteiger partial charge in [0.05, 0.1) is 18.4 Å². The van der Waals surface area contributed by atoms with Gasteiger partial charge in [-0.3, -0.25) is 9.59 Å². The molecule has 8 nitrogen and oxygen atoms in total. The van der Waals surface area contributed by atoms with Crippen LogP contribution in [0.4, 0.5) is 4.39 Å². The maximum atomic E-state index is 14.0. The molecule has 194 valence electrons. The summed E-state index contributed by atoms with van der Waals surface area (Å²) in [5, 5.41) is 25.1. The molecule has 4 rings (SSSR count). The minimum Gasteiger partial charge on any atom is -0.507 e. The van der Waals surface area contributed by atoms with Crippen molar-refractivity contribution in [3.63, 3.8) is 0 Å². The summed E-state index contributed by atoms with van der Waals surface area (Å²) in [6, 6.07) is 12.6. The quantitative estimate of drug-likeness (QED) is 0.322. The molecule has 10 heteroatoms. The van der Waals surface area contributed by atoms with E-state index >= 15 is 0 Å². The Morgan fingerprint density at radius 3 is 2.32 bits per heavy atom. The van der Waals surface area contributed by atoms with E-state index in [0.717, 1.165) is 17.2 Å². The van der Waals surface area contributed by atoms with Gasteiger partial charge in [0, 0.05) is 17.0 Å². The van der Waals surface area contributed by atoms with E-state index in [9.17, 15) is 19.1 Å². The molecule has 1 fully saturated rings. The molecule has 0 spiro atoms. The first-order valence-corrected chi connectivity index (χ1v) is 13.1. The number of nitrogens with zero attached hydrogens (tertiary/aromatic N) is 1. The lowest BCUT2D eigenvalue weighted by atomic mass is 9.90. The van der Waals surface area contributed by atoms with Crippen LogP contribution in [0, 0.1) is 5.82 Å². The lowest BCUT2D eigenvalue weighted by molar-refractivity contribution is 0.0888. The molecule has 37 heavy (non-hydrogen) atoms. The van der Waals surface area contributed by atoms with E-state index in [4.69, 9.17) is 9.84 Å². The fourth-order valence-corrected chi connectivity index (χ4v) is 4.67. The van der Waals surface area contributed by atoms with Crippen molar-refractivity contribution in [1.29, 1.82) is 0 Å². The number of aliphatic hydroxyl groups is 1. The number of phenols is 1. The molecule has 0 unspecified atom stereocenters. The molecular weight excluding hydrogens is 497 g/mol. The third-order valence-electron chi connectivity index (χ3n) is 6.21. The highest BCUT2D eigenvalue weighted by Gasteiger charge is 2.26. The Morgan fingerprint density at radius 2 is 1.70 bits per heavy atom. The number of amides is 2. The van der Waals surface area contributed by atoms with Crippen LogP contribution in [0.3, 0.4) is 0 Å². The van der Waals surface area contributed by atoms with Gasteiger partial charge in [-0.05, 0) is 73.9 Å². The molecule has 1 aliphatic rings. The summed E-state index contributed by atoms with van der Waals surface area (Å²) in [5.41, 5.74) is 0.662. The van der Waals surface area contributed by atoms with Gasteiger partial charge in [0.1, 0.15) is 22.9 Å². The van der Waals surface area contributed by atoms with Crippen molar-refractivity contribution >= 4 is 23.6 Å². The van der Waals surface area contributed by atoms with Crippen LogP contribution in [0.1, 0.15) is 52.0 Å². The Balaban J connectivity index is 1.35. The zero-order valence-corrected chi connectivity index (χ0v) is 21.1. The zero-order valence-electron chi connectivity index (χ0n) is 20.2. The maximum Gasteiger partial charge on any atom is 0.257 e. The van der Waals surface area contributed by atoms with Gasteiger partial charge in [-0.2, -0.15) is 0 Å². The number of nitrogens with one attached hydrogen (secondary N) is 2. The van der Waals surface area contributed by atoms with Crippen LogP contribution in [-0.2, 0) is 6.61 Å². The van der Waals surface area contributed by atoms with E-state index in [1.807, 2.05) is 24.5 Å². The number of ether oxygens (including phenoxy) is 1. The fourth-order valence-electron chi connectivity index (χ4n) is 4.22. The number of rotatable bonds is 8. The minimum atomic E-state index is -0.642. The predicted octanol–water partition coefficient (Wildman–Crippen LogP) is 4.40. The molecule has 1 aromatic heterocycles. The number of aromatic hydroxyl groups is 1. The highest BCUT2D eigenvalue weighted by molar-refractivity contribution is 7.98. The first-order valence-electron chi connectivity index (χ1n) is 11.9. The average Bonchev–Trinajstić information content (AvgIpc) is 2.90. The van der Waals surface area contributed by atoms with E-state index in [-0.39, 0.29) is 41.4 Å². The average molecular weight is 526 g/mol. The van der Waals surface area contributed by atoms with Crippen molar-refractivity contribution in [2.24, 2.45) is 0 Å². The summed E-state index contributed by atoms with van der Waals surface area (Å²) in [5.74, 6) is -1.19. The van der Waals surface area contributed by atoms with Gasteiger partial charge in [0.15, 0.2) is 0 Å². The smallest absolute Gasteiger partial charge is 0.257 e. The molecular formula is C27H28FN3O5S. The number of pyridine rings is 1. The second kappa shape index (κ2) is 12.1. The monoisotopic (exact) mass is 525 g/mol. The molecule has 4 N–H and O–H groups in total. The first kappa shape index (κ1) is 26.4. The summed E-state index contributed by atoms with van der Waals surface area (Å²) in [6.07, 6.45) is 5.42. The van der Waals surface area contributed by atoms with Crippen LogP contribution >= 0.6 is 11.8 Å². The topological polar surface area (TPSA) is 121 Å². The summed E-state index contributed by atoms with van der Waals surface area (Å²) >= 11 is 1.55. The fraction of sp³-hybridized carbons (Fsp3) is 0.296. The largest absolute Gasteiger partial charge is 0.507 e. The van der Waals surface area contributed by atoms with Crippen molar-refractivity contribution < 1.29 is 28.9 Å². The molecule has 0 saturated heterocycles. The number of aliphatic hydroxyl groups excluding tert-OH is 1. The Kier molecular flexibility index (Phi) is 8.62. The molecule has 2 aromatic carbocycles. The van der Waals surface area contributed by atoms with E-state index in [1.54, 1.807) is 23.9 Å². The number of carbonyl (C=O) groups is 2. The molecule has 3 aromatic rings. The molecule has 2 amide bonds. The van der Waals surface area contributed by atoms with Crippen LogP contribution < -0.4 is 15.4 Å². The highest BCUT2D eigenvalue weighted by atomic mass is 32.2. The summed E-state index contributed by atoms with van der Waals surface area (Å²) in [4.78, 5) is 30.6. The Hall–Kier alpha value is -3.63. The van der Waals surface area contributed by atoms with E-state index in [2.05, 4.69) is 15.6 Å². The normalized spacial score (nSPS) is 17.2. The van der Waals surface area contributed by atoms with Gasteiger partial charge in [-0.15, -0.1) is 11.8 Å². The van der Waals surface area contributed by atoms with Crippen molar-refractivity contribution in [3.8, 4) is 17.4 Å². The van der Waals surface area contributed by atoms with Gasteiger partial charge in [0.2, 0.25) is 5.88 Å². The van der Waals surface area contributed by atoms with Crippen LogP contribution in [0.2, 0.25) is 0 Å². The first-order chi connectivity index (χ1) is 17.9.